The lowest BCUT2D eigenvalue weighted by molar-refractivity contribution is -0.262. The van der Waals surface area contributed by atoms with Gasteiger partial charge in [-0.25, -0.2) is 0 Å². The van der Waals surface area contributed by atoms with E-state index in [1.807, 2.05) is 6.08 Å². The zero-order valence-electron chi connectivity index (χ0n) is 31.4. The van der Waals surface area contributed by atoms with Crippen molar-refractivity contribution in [3.05, 3.63) is 37.0 Å². The molecule has 276 valence electrons. The second-order valence-electron chi connectivity index (χ2n) is 17.3. The van der Waals surface area contributed by atoms with Crippen molar-refractivity contribution in [3.63, 3.8) is 0 Å². The molecule has 0 spiro atoms. The third-order valence-corrected chi connectivity index (χ3v) is 14.0. The molecule has 0 amide bonds. The molecule has 0 aromatic carbocycles. The summed E-state index contributed by atoms with van der Waals surface area (Å²) >= 11 is 0. The summed E-state index contributed by atoms with van der Waals surface area (Å²) < 4.78 is 46.9. The first-order valence-corrected chi connectivity index (χ1v) is 20.1. The normalized spacial score (nSPS) is 49.5. The van der Waals surface area contributed by atoms with Crippen molar-refractivity contribution in [2.24, 2.45) is 29.6 Å². The molecule has 0 aliphatic carbocycles. The zero-order chi connectivity index (χ0) is 34.6. The zero-order valence-corrected chi connectivity index (χ0v) is 31.4. The lowest BCUT2D eigenvalue weighted by atomic mass is 9.80. The van der Waals surface area contributed by atoms with Crippen molar-refractivity contribution in [3.8, 4) is 0 Å². The van der Waals surface area contributed by atoms with Crippen LogP contribution in [0.25, 0.3) is 0 Å². The molecule has 8 saturated heterocycles. The summed E-state index contributed by atoms with van der Waals surface area (Å²) in [6, 6.07) is 0. The molecular formula is C42H66O7. The summed E-state index contributed by atoms with van der Waals surface area (Å²) in [5.74, 6) is 1.92. The van der Waals surface area contributed by atoms with Crippen molar-refractivity contribution in [1.29, 1.82) is 0 Å². The fraction of sp³-hybridized carbons (Fsp3) is 0.857. The SMILES string of the molecule is C=CC[C@@H]1O[C@@H]2C3O[C@@H]4C[C@](CC[C@H]5CC(=C)[C@H](CCC6C[C@@H](C)C(=C)[C@@H](C[C@@H]7O[C@H](C[C@H](C)CC)[C@H](C)[C@H]7CC)O6)O5)(O[C@H]3C1C)O[C@H]24. The van der Waals surface area contributed by atoms with Crippen LogP contribution in [0.2, 0.25) is 0 Å². The molecule has 8 fully saturated rings. The van der Waals surface area contributed by atoms with Gasteiger partial charge in [0.25, 0.3) is 0 Å². The van der Waals surface area contributed by atoms with Crippen molar-refractivity contribution < 1.29 is 33.2 Å². The lowest BCUT2D eigenvalue weighted by Crippen LogP contribution is -2.54. The average molecular weight is 683 g/mol. The Morgan fingerprint density at radius 1 is 0.816 bits per heavy atom. The third kappa shape index (κ3) is 7.05. The Labute approximate surface area is 296 Å². The van der Waals surface area contributed by atoms with Gasteiger partial charge in [-0.2, -0.15) is 0 Å². The van der Waals surface area contributed by atoms with Crippen LogP contribution in [0.15, 0.2) is 37.0 Å². The van der Waals surface area contributed by atoms with Crippen LogP contribution in [0, 0.1) is 29.6 Å². The van der Waals surface area contributed by atoms with Gasteiger partial charge in [0.2, 0.25) is 0 Å². The predicted molar refractivity (Wildman–Crippen MR) is 191 cm³/mol. The summed E-state index contributed by atoms with van der Waals surface area (Å²) in [7, 11) is 0. The highest BCUT2D eigenvalue weighted by molar-refractivity contribution is 5.14. The molecule has 18 atom stereocenters. The number of rotatable bonds is 14. The fourth-order valence-electron chi connectivity index (χ4n) is 10.6. The molecule has 3 unspecified atom stereocenters. The molecule has 0 saturated carbocycles. The Morgan fingerprint density at radius 2 is 1.57 bits per heavy atom. The van der Waals surface area contributed by atoms with E-state index in [9.17, 15) is 0 Å². The van der Waals surface area contributed by atoms with E-state index in [0.717, 1.165) is 70.6 Å². The number of ether oxygens (including phenoxy) is 7. The minimum absolute atomic E-state index is 0.0196. The summed E-state index contributed by atoms with van der Waals surface area (Å²) in [4.78, 5) is 0. The second-order valence-corrected chi connectivity index (χ2v) is 17.3. The quantitative estimate of drug-likeness (QED) is 0.170. The molecule has 0 aromatic rings. The molecule has 7 heteroatoms. The van der Waals surface area contributed by atoms with Gasteiger partial charge in [0.1, 0.15) is 18.3 Å². The molecule has 0 aromatic heterocycles. The smallest absolute Gasteiger partial charge is 0.172 e. The monoisotopic (exact) mass is 682 g/mol. The highest BCUT2D eigenvalue weighted by Crippen LogP contribution is 2.54. The molecule has 7 nitrogen and oxygen atoms in total. The maximum Gasteiger partial charge on any atom is 0.172 e. The highest BCUT2D eigenvalue weighted by Gasteiger charge is 2.67. The first-order valence-electron chi connectivity index (χ1n) is 20.1. The van der Waals surface area contributed by atoms with E-state index in [1.54, 1.807) is 0 Å². The van der Waals surface area contributed by atoms with E-state index in [4.69, 9.17) is 33.2 Å². The van der Waals surface area contributed by atoms with Gasteiger partial charge in [0, 0.05) is 25.2 Å². The van der Waals surface area contributed by atoms with Crippen LogP contribution in [-0.4, -0.2) is 79.0 Å². The van der Waals surface area contributed by atoms with Crippen LogP contribution in [0.5, 0.6) is 0 Å². The molecule has 0 N–H and O–H groups in total. The summed E-state index contributed by atoms with van der Waals surface area (Å²) in [6.45, 7) is 26.9. The van der Waals surface area contributed by atoms with E-state index >= 15 is 0 Å². The standard InChI is InChI=1S/C42H66O7/c1-10-13-33-28(9)38-40-41(46-33)39-37(47-40)22-42(48-38,49-39)17-16-30-20-25(6)32(43-30)15-14-29-19-24(5)26(7)35(44-29)21-36-31(12-3)27(8)34(45-36)18-23(4)11-2/h10,23-24,27-41H,1,6-7,11-22H2,2-5,8-9H3/t23-,24-,27-,28?,29?,30+,31-,32+,33+,34-,35-,36+,37-,38+,39+,40?,41+,42-/m1/s1. The topological polar surface area (TPSA) is 64.6 Å². The van der Waals surface area contributed by atoms with Crippen LogP contribution in [0.3, 0.4) is 0 Å². The van der Waals surface area contributed by atoms with E-state index in [-0.39, 0.29) is 73.1 Å². The highest BCUT2D eigenvalue weighted by atomic mass is 16.8. The van der Waals surface area contributed by atoms with Gasteiger partial charge >= 0.3 is 0 Å². The first-order chi connectivity index (χ1) is 23.5. The first kappa shape index (κ1) is 36.3. The van der Waals surface area contributed by atoms with Crippen molar-refractivity contribution in [2.45, 2.75) is 198 Å². The van der Waals surface area contributed by atoms with Crippen LogP contribution in [0.4, 0.5) is 0 Å². The summed E-state index contributed by atoms with van der Waals surface area (Å²) in [5.41, 5.74) is 2.45. The van der Waals surface area contributed by atoms with Gasteiger partial charge in [-0.15, -0.1) is 6.58 Å². The summed E-state index contributed by atoms with van der Waals surface area (Å²) in [6.07, 6.45) is 14.6. The Morgan fingerprint density at radius 3 is 2.33 bits per heavy atom. The van der Waals surface area contributed by atoms with Gasteiger partial charge in [-0.1, -0.05) is 73.6 Å². The molecule has 49 heavy (non-hydrogen) atoms. The van der Waals surface area contributed by atoms with Gasteiger partial charge in [-0.3, -0.25) is 0 Å². The molecule has 8 aliphatic heterocycles. The average Bonchev–Trinajstić information content (AvgIpc) is 3.74. The fourth-order valence-corrected chi connectivity index (χ4v) is 10.6. The largest absolute Gasteiger partial charge is 0.374 e. The van der Waals surface area contributed by atoms with Crippen LogP contribution < -0.4 is 0 Å². The molecular weight excluding hydrogens is 616 g/mol. The Hall–Kier alpha value is -1.06. The molecule has 8 heterocycles. The molecule has 8 aliphatic rings. The van der Waals surface area contributed by atoms with Crippen LogP contribution >= 0.6 is 0 Å². The van der Waals surface area contributed by atoms with Crippen LogP contribution in [0.1, 0.15) is 119 Å². The lowest BCUT2D eigenvalue weighted by Gasteiger charge is -2.42. The van der Waals surface area contributed by atoms with E-state index in [1.165, 1.54) is 17.6 Å². The minimum Gasteiger partial charge on any atom is -0.374 e. The Bertz CT molecular complexity index is 1200. The Kier molecular flexibility index (Phi) is 10.9. The van der Waals surface area contributed by atoms with E-state index < -0.39 is 5.79 Å². The third-order valence-electron chi connectivity index (χ3n) is 14.0. The van der Waals surface area contributed by atoms with Crippen molar-refractivity contribution >= 4 is 0 Å². The van der Waals surface area contributed by atoms with Gasteiger partial charge in [0.05, 0.1) is 54.9 Å². The summed E-state index contributed by atoms with van der Waals surface area (Å²) in [5, 5.41) is 0. The van der Waals surface area contributed by atoms with E-state index in [2.05, 4.69) is 61.3 Å². The molecule has 8 rings (SSSR count). The van der Waals surface area contributed by atoms with Gasteiger partial charge < -0.3 is 33.2 Å². The maximum atomic E-state index is 6.90. The molecule has 0 radical (unpaired) electrons. The minimum atomic E-state index is -0.623. The number of hydrogen-bond donors (Lipinski definition) is 0. The van der Waals surface area contributed by atoms with Gasteiger partial charge in [-0.05, 0) is 79.8 Å². The van der Waals surface area contributed by atoms with E-state index in [0.29, 0.717) is 29.8 Å². The molecule has 6 bridgehead atoms. The van der Waals surface area contributed by atoms with Gasteiger partial charge in [0.15, 0.2) is 5.79 Å². The van der Waals surface area contributed by atoms with Crippen molar-refractivity contribution in [1.82, 2.24) is 0 Å². The second kappa shape index (κ2) is 14.8. The van der Waals surface area contributed by atoms with Crippen molar-refractivity contribution in [2.75, 3.05) is 0 Å². The number of hydrogen-bond acceptors (Lipinski definition) is 7. The Balaban J connectivity index is 0.908. The van der Waals surface area contributed by atoms with Crippen LogP contribution in [-0.2, 0) is 33.2 Å². The predicted octanol–water partition coefficient (Wildman–Crippen LogP) is 8.50. The maximum absolute atomic E-state index is 6.90.